The number of benzene rings is 1. The molecule has 1 aromatic carbocycles. The lowest BCUT2D eigenvalue weighted by atomic mass is 10.1. The molecule has 0 spiro atoms. The molecule has 21 heavy (non-hydrogen) atoms. The van der Waals surface area contributed by atoms with Gasteiger partial charge in [0.05, 0.1) is 11.4 Å². The van der Waals surface area contributed by atoms with E-state index in [0.717, 1.165) is 25.7 Å². The van der Waals surface area contributed by atoms with E-state index in [4.69, 9.17) is 11.6 Å². The summed E-state index contributed by atoms with van der Waals surface area (Å²) >= 11 is 5.90. The van der Waals surface area contributed by atoms with Crippen LogP contribution in [0.25, 0.3) is 11.0 Å². The van der Waals surface area contributed by atoms with Crippen LogP contribution in [-0.4, -0.2) is 34.1 Å². The van der Waals surface area contributed by atoms with Gasteiger partial charge in [-0.2, -0.15) is 0 Å². The number of hydrogen-bond acceptors (Lipinski definition) is 2. The molecule has 3 rings (SSSR count). The Labute approximate surface area is 127 Å². The molecule has 2 heterocycles. The predicted molar refractivity (Wildman–Crippen MR) is 79.5 cm³/mol. The molecule has 0 aliphatic carbocycles. The molecule has 0 N–H and O–H groups in total. The SMILES string of the molecule is Fc1ccc2nc(CCl)n(CCN3CCCCC3)c2c1F. The van der Waals surface area contributed by atoms with Crippen molar-refractivity contribution < 1.29 is 8.78 Å². The highest BCUT2D eigenvalue weighted by atomic mass is 35.5. The Morgan fingerprint density at radius 1 is 1.10 bits per heavy atom. The zero-order valence-corrected chi connectivity index (χ0v) is 12.5. The van der Waals surface area contributed by atoms with Crippen LogP contribution in [0.15, 0.2) is 12.1 Å². The highest BCUT2D eigenvalue weighted by Crippen LogP contribution is 2.23. The fraction of sp³-hybridized carbons (Fsp3) is 0.533. The summed E-state index contributed by atoms with van der Waals surface area (Å²) in [6.07, 6.45) is 3.68. The molecule has 0 unspecified atom stereocenters. The number of likely N-dealkylation sites (tertiary alicyclic amines) is 1. The van der Waals surface area contributed by atoms with Crippen LogP contribution in [-0.2, 0) is 12.4 Å². The third-order valence-electron chi connectivity index (χ3n) is 4.09. The van der Waals surface area contributed by atoms with Crippen LogP contribution < -0.4 is 0 Å². The molecule has 1 saturated heterocycles. The van der Waals surface area contributed by atoms with Gasteiger partial charge >= 0.3 is 0 Å². The molecule has 3 nitrogen and oxygen atoms in total. The van der Waals surface area contributed by atoms with Crippen molar-refractivity contribution in [1.29, 1.82) is 0 Å². The highest BCUT2D eigenvalue weighted by molar-refractivity contribution is 6.16. The Morgan fingerprint density at radius 2 is 1.86 bits per heavy atom. The van der Waals surface area contributed by atoms with Gasteiger partial charge in [0.15, 0.2) is 11.6 Å². The van der Waals surface area contributed by atoms with Gasteiger partial charge < -0.3 is 9.47 Å². The summed E-state index contributed by atoms with van der Waals surface area (Å²) < 4.78 is 29.3. The maximum absolute atomic E-state index is 14.1. The van der Waals surface area contributed by atoms with Gasteiger partial charge in [0.25, 0.3) is 0 Å². The largest absolute Gasteiger partial charge is 0.323 e. The fourth-order valence-electron chi connectivity index (χ4n) is 2.97. The van der Waals surface area contributed by atoms with Crippen molar-refractivity contribution >= 4 is 22.6 Å². The molecule has 1 fully saturated rings. The second-order valence-electron chi connectivity index (χ2n) is 5.44. The minimum absolute atomic E-state index is 0.190. The van der Waals surface area contributed by atoms with Gasteiger partial charge in [0, 0.05) is 13.1 Å². The summed E-state index contributed by atoms with van der Waals surface area (Å²) in [6, 6.07) is 2.61. The van der Waals surface area contributed by atoms with E-state index in [1.165, 1.54) is 25.3 Å². The number of imidazole rings is 1. The first-order valence-corrected chi connectivity index (χ1v) is 7.85. The first-order chi connectivity index (χ1) is 10.2. The molecule has 1 aliphatic rings. The number of aromatic nitrogens is 2. The molecular weight excluding hydrogens is 296 g/mol. The van der Waals surface area contributed by atoms with Gasteiger partial charge in [0.1, 0.15) is 11.3 Å². The molecule has 0 amide bonds. The molecule has 0 saturated carbocycles. The van der Waals surface area contributed by atoms with Crippen LogP contribution in [0.4, 0.5) is 8.78 Å². The molecule has 114 valence electrons. The van der Waals surface area contributed by atoms with Gasteiger partial charge in [-0.25, -0.2) is 13.8 Å². The second kappa shape index (κ2) is 6.28. The molecule has 0 radical (unpaired) electrons. The molecule has 0 atom stereocenters. The smallest absolute Gasteiger partial charge is 0.184 e. The maximum atomic E-state index is 14.1. The Balaban J connectivity index is 1.90. The number of piperidine rings is 1. The van der Waals surface area contributed by atoms with Crippen LogP contribution in [0.3, 0.4) is 0 Å². The Hall–Kier alpha value is -1.20. The summed E-state index contributed by atoms with van der Waals surface area (Å²) in [5.74, 6) is -0.902. The van der Waals surface area contributed by atoms with E-state index >= 15 is 0 Å². The van der Waals surface area contributed by atoms with E-state index in [1.54, 1.807) is 4.57 Å². The number of nitrogens with zero attached hydrogens (tertiary/aromatic N) is 3. The third kappa shape index (κ3) is 2.90. The number of halogens is 3. The Bertz CT molecular complexity index is 635. The van der Waals surface area contributed by atoms with E-state index in [0.29, 0.717) is 17.9 Å². The monoisotopic (exact) mass is 313 g/mol. The summed E-state index contributed by atoms with van der Waals surface area (Å²) in [7, 11) is 0. The van der Waals surface area contributed by atoms with Crippen molar-refractivity contribution in [3.05, 3.63) is 29.6 Å². The van der Waals surface area contributed by atoms with Gasteiger partial charge in [-0.3, -0.25) is 0 Å². The highest BCUT2D eigenvalue weighted by Gasteiger charge is 2.18. The normalized spacial score (nSPS) is 16.7. The van der Waals surface area contributed by atoms with E-state index in [-0.39, 0.29) is 11.4 Å². The van der Waals surface area contributed by atoms with Crippen molar-refractivity contribution in [1.82, 2.24) is 14.5 Å². The fourth-order valence-corrected chi connectivity index (χ4v) is 3.18. The van der Waals surface area contributed by atoms with Gasteiger partial charge in [-0.15, -0.1) is 11.6 Å². The number of hydrogen-bond donors (Lipinski definition) is 0. The lowest BCUT2D eigenvalue weighted by Crippen LogP contribution is -2.32. The average molecular weight is 314 g/mol. The topological polar surface area (TPSA) is 21.1 Å². The number of fused-ring (bicyclic) bond motifs is 1. The summed E-state index contributed by atoms with van der Waals surface area (Å²) in [4.78, 5) is 6.65. The minimum Gasteiger partial charge on any atom is -0.323 e. The number of rotatable bonds is 4. The number of alkyl halides is 1. The third-order valence-corrected chi connectivity index (χ3v) is 4.33. The van der Waals surface area contributed by atoms with E-state index < -0.39 is 11.6 Å². The van der Waals surface area contributed by atoms with Crippen molar-refractivity contribution in [3.63, 3.8) is 0 Å². The molecular formula is C15H18ClF2N3. The lowest BCUT2D eigenvalue weighted by Gasteiger charge is -2.26. The Kier molecular flexibility index (Phi) is 4.40. The van der Waals surface area contributed by atoms with Crippen molar-refractivity contribution in [2.45, 2.75) is 31.7 Å². The zero-order valence-electron chi connectivity index (χ0n) is 11.8. The van der Waals surface area contributed by atoms with E-state index in [2.05, 4.69) is 9.88 Å². The maximum Gasteiger partial charge on any atom is 0.184 e. The molecule has 2 aromatic rings. The standard InChI is InChI=1S/C15H18ClF2N3/c16-10-13-19-12-5-4-11(17)14(18)15(12)21(13)9-8-20-6-2-1-3-7-20/h4-5H,1-3,6-10H2. The predicted octanol–water partition coefficient (Wildman–Crippen LogP) is 3.54. The summed E-state index contributed by atoms with van der Waals surface area (Å²) in [5.41, 5.74) is 0.686. The second-order valence-corrected chi connectivity index (χ2v) is 5.71. The molecule has 0 bridgehead atoms. The van der Waals surface area contributed by atoms with E-state index in [9.17, 15) is 8.78 Å². The Morgan fingerprint density at radius 3 is 2.57 bits per heavy atom. The van der Waals surface area contributed by atoms with Crippen LogP contribution >= 0.6 is 11.6 Å². The first-order valence-electron chi connectivity index (χ1n) is 7.32. The van der Waals surface area contributed by atoms with Gasteiger partial charge in [-0.1, -0.05) is 6.42 Å². The van der Waals surface area contributed by atoms with Crippen LogP contribution in [0, 0.1) is 11.6 Å². The summed E-state index contributed by atoms with van der Waals surface area (Å²) in [5, 5.41) is 0. The van der Waals surface area contributed by atoms with Gasteiger partial charge in [0.2, 0.25) is 0 Å². The summed E-state index contributed by atoms with van der Waals surface area (Å²) in [6.45, 7) is 3.53. The van der Waals surface area contributed by atoms with E-state index in [1.807, 2.05) is 0 Å². The molecule has 6 heteroatoms. The van der Waals surface area contributed by atoms with Crippen LogP contribution in [0.2, 0.25) is 0 Å². The van der Waals surface area contributed by atoms with Crippen molar-refractivity contribution in [2.75, 3.05) is 19.6 Å². The molecule has 1 aromatic heterocycles. The van der Waals surface area contributed by atoms with Crippen molar-refractivity contribution in [3.8, 4) is 0 Å². The van der Waals surface area contributed by atoms with Crippen LogP contribution in [0.5, 0.6) is 0 Å². The minimum atomic E-state index is -0.845. The zero-order chi connectivity index (χ0) is 14.8. The van der Waals surface area contributed by atoms with Crippen molar-refractivity contribution in [2.24, 2.45) is 0 Å². The molecule has 1 aliphatic heterocycles. The first kappa shape index (κ1) is 14.7. The lowest BCUT2D eigenvalue weighted by molar-refractivity contribution is 0.221. The van der Waals surface area contributed by atoms with Gasteiger partial charge in [-0.05, 0) is 38.1 Å². The quantitative estimate of drug-likeness (QED) is 0.805. The van der Waals surface area contributed by atoms with Crippen LogP contribution in [0.1, 0.15) is 25.1 Å². The average Bonchev–Trinajstić information content (AvgIpc) is 2.88.